The Hall–Kier alpha value is -1.63. The zero-order valence-electron chi connectivity index (χ0n) is 11.4. The maximum absolute atomic E-state index is 11.9. The van der Waals surface area contributed by atoms with Gasteiger partial charge in [0.05, 0.1) is 0 Å². The SMILES string of the molecule is C=C(CCCC(=O)[Se]c1ccccc1)c1ccccc1. The molecular weight excluding hydrogens is 311 g/mol. The first-order chi connectivity index (χ1) is 9.75. The van der Waals surface area contributed by atoms with Crippen molar-refractivity contribution in [1.29, 1.82) is 0 Å². The van der Waals surface area contributed by atoms with Gasteiger partial charge in [0.2, 0.25) is 0 Å². The van der Waals surface area contributed by atoms with Gasteiger partial charge in [-0.05, 0) is 0 Å². The summed E-state index contributed by atoms with van der Waals surface area (Å²) in [4.78, 5) is 11.9. The Morgan fingerprint density at radius 1 is 0.900 bits per heavy atom. The molecule has 0 amide bonds. The normalized spacial score (nSPS) is 10.2. The van der Waals surface area contributed by atoms with Crippen LogP contribution in [0.2, 0.25) is 0 Å². The molecular formula is C18H18OSe. The summed E-state index contributed by atoms with van der Waals surface area (Å²) in [6, 6.07) is 20.2. The Labute approximate surface area is 126 Å². The first-order valence-electron chi connectivity index (χ1n) is 6.74. The maximum atomic E-state index is 11.9. The number of allylic oxidation sites excluding steroid dienone is 1. The summed E-state index contributed by atoms with van der Waals surface area (Å²) in [5.41, 5.74) is 2.29. The molecule has 0 heterocycles. The van der Waals surface area contributed by atoms with E-state index in [2.05, 4.69) is 18.7 Å². The molecule has 2 aromatic rings. The molecule has 20 heavy (non-hydrogen) atoms. The summed E-state index contributed by atoms with van der Waals surface area (Å²) in [6.45, 7) is 4.10. The van der Waals surface area contributed by atoms with Crippen LogP contribution in [-0.2, 0) is 4.79 Å². The molecule has 0 N–H and O–H groups in total. The van der Waals surface area contributed by atoms with Gasteiger partial charge in [-0.25, -0.2) is 0 Å². The molecule has 0 atom stereocenters. The van der Waals surface area contributed by atoms with Gasteiger partial charge in [0.1, 0.15) is 0 Å². The summed E-state index contributed by atoms with van der Waals surface area (Å²) in [5.74, 6) is 0. The standard InChI is InChI=1S/C18H18OSe/c1-15(16-10-4-2-5-11-16)9-8-14-18(19)20-17-12-6-3-7-13-17/h2-7,10-13H,1,8-9,14H2. The Balaban J connectivity index is 1.73. The van der Waals surface area contributed by atoms with Crippen molar-refractivity contribution in [3.05, 3.63) is 72.8 Å². The van der Waals surface area contributed by atoms with Crippen LogP contribution in [-0.4, -0.2) is 19.6 Å². The Morgan fingerprint density at radius 3 is 2.15 bits per heavy atom. The molecule has 0 radical (unpaired) electrons. The summed E-state index contributed by atoms with van der Waals surface area (Å²) in [5, 5.41) is 0. The van der Waals surface area contributed by atoms with Crippen molar-refractivity contribution in [3.63, 3.8) is 0 Å². The fourth-order valence-electron chi connectivity index (χ4n) is 1.94. The summed E-state index contributed by atoms with van der Waals surface area (Å²) < 4.78 is 1.52. The van der Waals surface area contributed by atoms with Crippen LogP contribution in [0.1, 0.15) is 24.8 Å². The van der Waals surface area contributed by atoms with E-state index in [0.29, 0.717) is 11.1 Å². The molecule has 0 bridgehead atoms. The monoisotopic (exact) mass is 330 g/mol. The Morgan fingerprint density at radius 2 is 1.50 bits per heavy atom. The molecule has 0 saturated carbocycles. The molecule has 102 valence electrons. The molecule has 0 aromatic heterocycles. The molecule has 0 aliphatic carbocycles. The van der Waals surface area contributed by atoms with Crippen LogP contribution in [0.15, 0.2) is 67.2 Å². The molecule has 0 saturated heterocycles. The number of carbonyl (C=O) groups excluding carboxylic acids is 1. The van der Waals surface area contributed by atoms with Crippen molar-refractivity contribution in [2.75, 3.05) is 0 Å². The first-order valence-corrected chi connectivity index (χ1v) is 8.46. The molecule has 1 nitrogen and oxygen atoms in total. The second-order valence-corrected chi connectivity index (χ2v) is 6.98. The van der Waals surface area contributed by atoms with Crippen molar-refractivity contribution in [3.8, 4) is 0 Å². The van der Waals surface area contributed by atoms with Gasteiger partial charge >= 0.3 is 127 Å². The summed E-state index contributed by atoms with van der Waals surface area (Å²) >= 11 is -0.0463. The quantitative estimate of drug-likeness (QED) is 0.712. The average Bonchev–Trinajstić information content (AvgIpc) is 2.49. The van der Waals surface area contributed by atoms with Crippen LogP contribution in [0, 0.1) is 0 Å². The number of carbonyl (C=O) groups is 1. The van der Waals surface area contributed by atoms with E-state index < -0.39 is 0 Å². The molecule has 0 spiro atoms. The first kappa shape index (κ1) is 14.8. The third-order valence-electron chi connectivity index (χ3n) is 3.02. The number of benzene rings is 2. The minimum absolute atomic E-state index is 0.0463. The summed E-state index contributed by atoms with van der Waals surface area (Å²) in [7, 11) is 0. The molecule has 2 rings (SSSR count). The topological polar surface area (TPSA) is 17.1 Å². The fraction of sp³-hybridized carbons (Fsp3) is 0.167. The van der Waals surface area contributed by atoms with Crippen molar-refractivity contribution in [2.24, 2.45) is 0 Å². The Kier molecular flexibility index (Phi) is 5.79. The van der Waals surface area contributed by atoms with E-state index >= 15 is 0 Å². The van der Waals surface area contributed by atoms with Crippen LogP contribution < -0.4 is 4.46 Å². The van der Waals surface area contributed by atoms with E-state index in [4.69, 9.17) is 0 Å². The third-order valence-corrected chi connectivity index (χ3v) is 4.99. The van der Waals surface area contributed by atoms with Gasteiger partial charge in [-0.15, -0.1) is 0 Å². The Bertz CT molecular complexity index is 560. The summed E-state index contributed by atoms with van der Waals surface area (Å²) in [6.07, 6.45) is 2.43. The number of hydrogen-bond donors (Lipinski definition) is 0. The zero-order valence-corrected chi connectivity index (χ0v) is 13.1. The van der Waals surface area contributed by atoms with Crippen LogP contribution in [0.3, 0.4) is 0 Å². The van der Waals surface area contributed by atoms with Gasteiger partial charge in [-0.3, -0.25) is 0 Å². The molecule has 2 aromatic carbocycles. The van der Waals surface area contributed by atoms with Crippen LogP contribution in [0.5, 0.6) is 0 Å². The zero-order chi connectivity index (χ0) is 14.2. The third kappa shape index (κ3) is 4.80. The van der Waals surface area contributed by atoms with Crippen molar-refractivity contribution < 1.29 is 4.79 Å². The fourth-order valence-corrected chi connectivity index (χ4v) is 3.62. The van der Waals surface area contributed by atoms with Gasteiger partial charge in [0.25, 0.3) is 0 Å². The van der Waals surface area contributed by atoms with E-state index in [1.165, 1.54) is 5.56 Å². The molecule has 0 aliphatic rings. The van der Waals surface area contributed by atoms with Crippen LogP contribution in [0.25, 0.3) is 5.57 Å². The van der Waals surface area contributed by atoms with E-state index in [1.54, 1.807) is 0 Å². The van der Waals surface area contributed by atoms with Gasteiger partial charge in [-0.1, -0.05) is 0 Å². The van der Waals surface area contributed by atoms with Crippen molar-refractivity contribution >= 4 is 29.7 Å². The number of hydrogen-bond acceptors (Lipinski definition) is 1. The van der Waals surface area contributed by atoms with Gasteiger partial charge < -0.3 is 0 Å². The number of rotatable bonds is 7. The van der Waals surface area contributed by atoms with Crippen LogP contribution in [0.4, 0.5) is 0 Å². The van der Waals surface area contributed by atoms with Crippen molar-refractivity contribution in [2.45, 2.75) is 19.3 Å². The van der Waals surface area contributed by atoms with Crippen LogP contribution >= 0.6 is 0 Å². The van der Waals surface area contributed by atoms with E-state index in [9.17, 15) is 4.79 Å². The van der Waals surface area contributed by atoms with Gasteiger partial charge in [0, 0.05) is 0 Å². The predicted molar refractivity (Wildman–Crippen MR) is 86.2 cm³/mol. The molecule has 0 fully saturated rings. The van der Waals surface area contributed by atoms with E-state index in [1.807, 2.05) is 48.5 Å². The molecule has 0 unspecified atom stereocenters. The van der Waals surface area contributed by atoms with Gasteiger partial charge in [-0.2, -0.15) is 0 Å². The molecule has 0 aliphatic heterocycles. The van der Waals surface area contributed by atoms with Gasteiger partial charge in [0.15, 0.2) is 0 Å². The van der Waals surface area contributed by atoms with E-state index in [-0.39, 0.29) is 15.0 Å². The predicted octanol–water partition coefficient (Wildman–Crippen LogP) is 3.43. The van der Waals surface area contributed by atoms with Crippen molar-refractivity contribution in [1.82, 2.24) is 0 Å². The second kappa shape index (κ2) is 7.84. The average molecular weight is 329 g/mol. The van der Waals surface area contributed by atoms with E-state index in [0.717, 1.165) is 22.9 Å². The second-order valence-electron chi connectivity index (χ2n) is 4.61. The molecule has 2 heteroatoms. The minimum atomic E-state index is -0.0463.